The van der Waals surface area contributed by atoms with Crippen LogP contribution in [0.4, 0.5) is 0 Å². The number of fused-ring (bicyclic) bond motifs is 1. The van der Waals surface area contributed by atoms with Crippen molar-refractivity contribution in [2.45, 2.75) is 26.4 Å². The first-order valence-electron chi connectivity index (χ1n) is 8.21. The summed E-state index contributed by atoms with van der Waals surface area (Å²) in [5.41, 5.74) is 1.01. The summed E-state index contributed by atoms with van der Waals surface area (Å²) in [4.78, 5) is 28.4. The quantitative estimate of drug-likeness (QED) is 0.883. The van der Waals surface area contributed by atoms with Crippen LogP contribution >= 0.6 is 11.6 Å². The van der Waals surface area contributed by atoms with E-state index in [1.165, 1.54) is 0 Å². The van der Waals surface area contributed by atoms with E-state index < -0.39 is 11.5 Å². The van der Waals surface area contributed by atoms with Crippen LogP contribution in [0, 0.1) is 5.92 Å². The van der Waals surface area contributed by atoms with Crippen LogP contribution in [-0.2, 0) is 9.59 Å². The Hall–Kier alpha value is -2.66. The maximum atomic E-state index is 12.6. The summed E-state index contributed by atoms with van der Waals surface area (Å²) in [7, 11) is 0. The van der Waals surface area contributed by atoms with Crippen molar-refractivity contribution < 1.29 is 14.3 Å². The van der Waals surface area contributed by atoms with Crippen LogP contribution in [0.2, 0.25) is 5.02 Å². The van der Waals surface area contributed by atoms with Crippen molar-refractivity contribution in [3.8, 4) is 5.75 Å². The molecule has 5 nitrogen and oxygen atoms in total. The van der Waals surface area contributed by atoms with Crippen LogP contribution in [0.15, 0.2) is 64.8 Å². The lowest BCUT2D eigenvalue weighted by atomic mass is 9.89. The van der Waals surface area contributed by atoms with Gasteiger partial charge in [-0.15, -0.1) is 0 Å². The molecule has 0 bridgehead atoms. The largest absolute Gasteiger partial charge is 0.478 e. The Kier molecular flexibility index (Phi) is 4.83. The molecule has 1 N–H and O–H groups in total. The number of allylic oxidation sites excluding steroid dienone is 3. The fraction of sp³-hybridized carbons (Fsp3) is 0.250. The normalized spacial score (nSPS) is 20.8. The molecule has 0 saturated carbocycles. The Labute approximate surface area is 157 Å². The van der Waals surface area contributed by atoms with Crippen molar-refractivity contribution >= 4 is 29.1 Å². The highest BCUT2D eigenvalue weighted by Crippen LogP contribution is 2.27. The fourth-order valence-corrected chi connectivity index (χ4v) is 2.87. The number of nitrogens with one attached hydrogen (secondary N) is 1. The van der Waals surface area contributed by atoms with E-state index in [0.29, 0.717) is 16.5 Å². The number of rotatable bonds is 3. The monoisotopic (exact) mass is 370 g/mol. The highest BCUT2D eigenvalue weighted by Gasteiger charge is 2.31. The molecule has 1 aliphatic carbocycles. The predicted octanol–water partition coefficient (Wildman–Crippen LogP) is 3.61. The molecular weight excluding hydrogens is 352 g/mol. The van der Waals surface area contributed by atoms with Gasteiger partial charge in [0.1, 0.15) is 5.75 Å². The topological polar surface area (TPSA) is 67.8 Å². The minimum atomic E-state index is -1.14. The zero-order chi connectivity index (χ0) is 18.9. The molecule has 134 valence electrons. The van der Waals surface area contributed by atoms with Gasteiger partial charge in [0, 0.05) is 22.7 Å². The average molecular weight is 371 g/mol. The first-order chi connectivity index (χ1) is 12.2. The van der Waals surface area contributed by atoms with Crippen LogP contribution in [0.1, 0.15) is 20.8 Å². The van der Waals surface area contributed by atoms with E-state index in [1.54, 1.807) is 56.3 Å². The Morgan fingerprint density at radius 1 is 1.23 bits per heavy atom. The van der Waals surface area contributed by atoms with Crippen LogP contribution in [0.5, 0.6) is 5.75 Å². The van der Waals surface area contributed by atoms with Crippen molar-refractivity contribution in [1.82, 2.24) is 5.32 Å². The van der Waals surface area contributed by atoms with Gasteiger partial charge in [-0.1, -0.05) is 23.3 Å². The number of hydrogen-bond acceptors (Lipinski definition) is 3. The molecule has 0 fully saturated rings. The molecule has 0 radical (unpaired) electrons. The minimum absolute atomic E-state index is 0.0140. The number of ether oxygens (including phenoxy) is 1. The molecule has 1 heterocycles. The summed E-state index contributed by atoms with van der Waals surface area (Å²) in [6.45, 7) is 5.22. The third-order valence-electron chi connectivity index (χ3n) is 4.15. The van der Waals surface area contributed by atoms with E-state index in [1.807, 2.05) is 13.0 Å². The molecule has 0 aromatic heterocycles. The van der Waals surface area contributed by atoms with Crippen LogP contribution in [0.3, 0.4) is 0 Å². The molecule has 6 heteroatoms. The number of hydrogen-bond donors (Lipinski definition) is 1. The maximum absolute atomic E-state index is 12.6. The van der Waals surface area contributed by atoms with E-state index in [-0.39, 0.29) is 11.8 Å². The molecule has 1 aromatic carbocycles. The molecule has 0 spiro atoms. The number of carbonyl (C=O) groups is 2. The van der Waals surface area contributed by atoms with Gasteiger partial charge < -0.3 is 10.1 Å². The second kappa shape index (κ2) is 6.92. The highest BCUT2D eigenvalue weighted by atomic mass is 35.5. The smallest absolute Gasteiger partial charge is 0.289 e. The van der Waals surface area contributed by atoms with Crippen molar-refractivity contribution in [3.63, 3.8) is 0 Å². The van der Waals surface area contributed by atoms with Crippen LogP contribution in [0.25, 0.3) is 0 Å². The molecule has 1 aromatic rings. The molecular formula is C20H19ClN2O3. The molecule has 3 rings (SSSR count). The molecule has 2 amide bonds. The molecule has 26 heavy (non-hydrogen) atoms. The number of amides is 2. The van der Waals surface area contributed by atoms with Gasteiger partial charge in [0.05, 0.1) is 5.71 Å². The van der Waals surface area contributed by atoms with Gasteiger partial charge in [0.25, 0.3) is 5.91 Å². The van der Waals surface area contributed by atoms with Crippen molar-refractivity contribution in [3.05, 3.63) is 64.9 Å². The first-order valence-corrected chi connectivity index (χ1v) is 8.59. The Morgan fingerprint density at radius 2 is 1.92 bits per heavy atom. The van der Waals surface area contributed by atoms with Crippen LogP contribution < -0.4 is 10.1 Å². The lowest BCUT2D eigenvalue weighted by Gasteiger charge is -2.26. The third-order valence-corrected chi connectivity index (χ3v) is 4.40. The second-order valence-electron chi connectivity index (χ2n) is 6.72. The average Bonchev–Trinajstić information content (AvgIpc) is 2.56. The number of benzene rings is 1. The number of carbonyl (C=O) groups excluding carboxylic acids is 2. The van der Waals surface area contributed by atoms with E-state index >= 15 is 0 Å². The van der Waals surface area contributed by atoms with Crippen molar-refractivity contribution in [2.24, 2.45) is 10.9 Å². The van der Waals surface area contributed by atoms with E-state index in [0.717, 1.165) is 11.3 Å². The summed E-state index contributed by atoms with van der Waals surface area (Å²) in [6.07, 6.45) is 6.98. The van der Waals surface area contributed by atoms with Gasteiger partial charge >= 0.3 is 0 Å². The molecule has 2 aliphatic rings. The molecule has 0 saturated heterocycles. The molecule has 1 aliphatic heterocycles. The number of nitrogens with zero attached hydrogens (tertiary/aromatic N) is 1. The van der Waals surface area contributed by atoms with Gasteiger partial charge in [-0.25, -0.2) is 4.99 Å². The Morgan fingerprint density at radius 3 is 2.62 bits per heavy atom. The summed E-state index contributed by atoms with van der Waals surface area (Å²) >= 11 is 5.86. The summed E-state index contributed by atoms with van der Waals surface area (Å²) in [5, 5.41) is 3.39. The lowest BCUT2D eigenvalue weighted by Crippen LogP contribution is -2.38. The van der Waals surface area contributed by atoms with Crippen molar-refractivity contribution in [2.75, 3.05) is 0 Å². The van der Waals surface area contributed by atoms with E-state index in [2.05, 4.69) is 10.3 Å². The van der Waals surface area contributed by atoms with Crippen molar-refractivity contribution in [1.29, 1.82) is 0 Å². The lowest BCUT2D eigenvalue weighted by molar-refractivity contribution is -0.130. The van der Waals surface area contributed by atoms with E-state index in [9.17, 15) is 9.59 Å². The summed E-state index contributed by atoms with van der Waals surface area (Å²) < 4.78 is 5.76. The van der Waals surface area contributed by atoms with Gasteiger partial charge in [-0.05, 0) is 57.2 Å². The number of aliphatic imine (C=N–C) groups is 1. The zero-order valence-corrected chi connectivity index (χ0v) is 15.5. The predicted molar refractivity (Wildman–Crippen MR) is 101 cm³/mol. The Balaban J connectivity index is 1.78. The SMILES string of the molecule is CC1=CC(=O)NC2=CC(=NC(=O)C(C)(C)Oc3ccc(Cl)cc3)C=CC12. The van der Waals surface area contributed by atoms with E-state index in [4.69, 9.17) is 16.3 Å². The van der Waals surface area contributed by atoms with Gasteiger partial charge in [-0.3, -0.25) is 9.59 Å². The van der Waals surface area contributed by atoms with Gasteiger partial charge in [-0.2, -0.15) is 0 Å². The minimum Gasteiger partial charge on any atom is -0.478 e. The molecule has 1 atom stereocenters. The van der Waals surface area contributed by atoms with Crippen LogP contribution in [-0.4, -0.2) is 23.1 Å². The third kappa shape index (κ3) is 3.94. The zero-order valence-electron chi connectivity index (χ0n) is 14.7. The standard InChI is InChI=1S/C20H19ClN2O3/c1-12-10-18(24)23-17-11-14(6-9-16(12)17)22-19(25)20(2,3)26-15-7-4-13(21)5-8-15/h4-11,16H,1-3H3,(H,23,24). The van der Waals surface area contributed by atoms with Gasteiger partial charge in [0.2, 0.25) is 5.91 Å². The second-order valence-corrected chi connectivity index (χ2v) is 7.16. The van der Waals surface area contributed by atoms with Gasteiger partial charge in [0.15, 0.2) is 5.60 Å². The highest BCUT2D eigenvalue weighted by molar-refractivity contribution is 6.30. The first kappa shape index (κ1) is 18.1. The fourth-order valence-electron chi connectivity index (χ4n) is 2.74. The summed E-state index contributed by atoms with van der Waals surface area (Å²) in [6, 6.07) is 6.78. The Bertz CT molecular complexity index is 877. The summed E-state index contributed by atoms with van der Waals surface area (Å²) in [5.74, 6) is -0.0416. The molecule has 1 unspecified atom stereocenters. The maximum Gasteiger partial charge on any atom is 0.289 e. The number of halogens is 1.